The van der Waals surface area contributed by atoms with E-state index in [1.54, 1.807) is 0 Å². The second kappa shape index (κ2) is 15.1. The molecule has 0 spiro atoms. The molecule has 5 nitrogen and oxygen atoms in total. The van der Waals surface area contributed by atoms with Crippen molar-refractivity contribution < 1.29 is 14.3 Å². The van der Waals surface area contributed by atoms with Crippen LogP contribution in [0.5, 0.6) is 0 Å². The summed E-state index contributed by atoms with van der Waals surface area (Å²) in [5.74, 6) is 0.797. The zero-order chi connectivity index (χ0) is 30.9. The highest BCUT2D eigenvalue weighted by Gasteiger charge is 2.31. The molecule has 1 fully saturated rings. The average molecular weight is 595 g/mol. The van der Waals surface area contributed by atoms with Gasteiger partial charge >= 0.3 is 5.97 Å². The second-order valence-corrected chi connectivity index (χ2v) is 13.4. The van der Waals surface area contributed by atoms with E-state index in [4.69, 9.17) is 4.74 Å². The summed E-state index contributed by atoms with van der Waals surface area (Å²) in [7, 11) is 0. The van der Waals surface area contributed by atoms with Crippen molar-refractivity contribution in [2.75, 3.05) is 26.2 Å². The number of ether oxygens (including phenoxy) is 1. The molecule has 2 aliphatic rings. The van der Waals surface area contributed by atoms with Crippen molar-refractivity contribution in [3.8, 4) is 0 Å². The van der Waals surface area contributed by atoms with Crippen LogP contribution in [0, 0.1) is 5.92 Å². The van der Waals surface area contributed by atoms with Crippen molar-refractivity contribution in [1.82, 2.24) is 9.80 Å². The maximum atomic E-state index is 13.2. The van der Waals surface area contributed by atoms with Gasteiger partial charge in [-0.15, -0.1) is 0 Å². The molecule has 0 bridgehead atoms. The maximum absolute atomic E-state index is 13.2. The Kier molecular flexibility index (Phi) is 11.1. The third kappa shape index (κ3) is 8.46. The quantitative estimate of drug-likeness (QED) is 0.159. The van der Waals surface area contributed by atoms with Crippen LogP contribution >= 0.6 is 0 Å². The summed E-state index contributed by atoms with van der Waals surface area (Å²) in [4.78, 5) is 30.7. The van der Waals surface area contributed by atoms with Crippen LogP contribution in [0.2, 0.25) is 0 Å². The molecule has 0 radical (unpaired) electrons. The number of nitrogens with zero attached hydrogens (tertiary/aromatic N) is 2. The zero-order valence-electron chi connectivity index (χ0n) is 27.0. The summed E-state index contributed by atoms with van der Waals surface area (Å²) in [6.45, 7) is 12.1. The van der Waals surface area contributed by atoms with Gasteiger partial charge < -0.3 is 4.74 Å². The van der Waals surface area contributed by atoms with Crippen molar-refractivity contribution in [2.24, 2.45) is 5.92 Å². The van der Waals surface area contributed by atoms with E-state index in [2.05, 4.69) is 76.5 Å². The Morgan fingerprint density at radius 3 is 2.36 bits per heavy atom. The average Bonchev–Trinajstić information content (AvgIpc) is 3.23. The number of esters is 1. The van der Waals surface area contributed by atoms with Crippen molar-refractivity contribution in [1.29, 1.82) is 0 Å². The molecule has 2 heterocycles. The highest BCUT2D eigenvalue weighted by Crippen LogP contribution is 2.28. The minimum atomic E-state index is -0.655. The number of piperidine rings is 1. The lowest BCUT2D eigenvalue weighted by atomic mass is 9.84. The molecule has 5 rings (SSSR count). The van der Waals surface area contributed by atoms with Crippen LogP contribution in [0.4, 0.5) is 0 Å². The molecular weight excluding hydrogens is 544 g/mol. The van der Waals surface area contributed by atoms with Gasteiger partial charge in [0.25, 0.3) is 0 Å². The summed E-state index contributed by atoms with van der Waals surface area (Å²) in [6, 6.07) is 25.5. The molecule has 0 saturated carbocycles. The molecule has 0 unspecified atom stereocenters. The van der Waals surface area contributed by atoms with Crippen LogP contribution in [0.25, 0.3) is 0 Å². The number of carbonyl (C=O) groups excluding carboxylic acids is 2. The van der Waals surface area contributed by atoms with Crippen molar-refractivity contribution in [3.05, 3.63) is 106 Å². The highest BCUT2D eigenvalue weighted by molar-refractivity contribution is 5.96. The van der Waals surface area contributed by atoms with Gasteiger partial charge in [0.1, 0.15) is 0 Å². The fraction of sp³-hybridized carbons (Fsp3) is 0.487. The number of aryl methyl sites for hydroxylation is 1. The predicted octanol–water partition coefficient (Wildman–Crippen LogP) is 7.74. The lowest BCUT2D eigenvalue weighted by Gasteiger charge is -2.32. The second-order valence-electron chi connectivity index (χ2n) is 13.4. The van der Waals surface area contributed by atoms with E-state index in [0.29, 0.717) is 18.9 Å². The van der Waals surface area contributed by atoms with Gasteiger partial charge in [0, 0.05) is 31.6 Å². The minimum Gasteiger partial charge on any atom is -0.465 e. The SMILES string of the molecule is CCOC(=O)C(C)(C)c1cccc(CN2CCC(CCCC(=O)c3ccc4c(c3)CN(Cc3ccccc3)CCC4)CC2)c1. The molecule has 3 aromatic rings. The van der Waals surface area contributed by atoms with E-state index in [0.717, 1.165) is 76.1 Å². The first kappa shape index (κ1) is 32.1. The van der Waals surface area contributed by atoms with Crippen LogP contribution in [0.15, 0.2) is 72.8 Å². The number of carbonyl (C=O) groups is 2. The van der Waals surface area contributed by atoms with Crippen molar-refractivity contribution in [3.63, 3.8) is 0 Å². The molecule has 0 aliphatic carbocycles. The molecule has 0 atom stereocenters. The smallest absolute Gasteiger partial charge is 0.315 e. The van der Waals surface area contributed by atoms with Gasteiger partial charge in [-0.05, 0) is 119 Å². The van der Waals surface area contributed by atoms with E-state index >= 15 is 0 Å². The first-order valence-electron chi connectivity index (χ1n) is 16.7. The molecule has 1 saturated heterocycles. The lowest BCUT2D eigenvalue weighted by molar-refractivity contribution is -0.148. The van der Waals surface area contributed by atoms with Crippen LogP contribution in [-0.2, 0) is 41.0 Å². The van der Waals surface area contributed by atoms with Gasteiger partial charge in [-0.1, -0.05) is 66.7 Å². The number of Topliss-reactive ketones (excluding diaryl/α,β-unsaturated/α-hetero) is 1. The Morgan fingerprint density at radius 2 is 1.59 bits per heavy atom. The Bertz CT molecular complexity index is 1390. The largest absolute Gasteiger partial charge is 0.465 e. The molecule has 2 aliphatic heterocycles. The molecule has 0 N–H and O–H groups in total. The first-order valence-corrected chi connectivity index (χ1v) is 16.7. The number of ketones is 1. The molecule has 0 amide bonds. The van der Waals surface area contributed by atoms with E-state index in [-0.39, 0.29) is 11.8 Å². The molecule has 5 heteroatoms. The van der Waals surface area contributed by atoms with Crippen molar-refractivity contribution >= 4 is 11.8 Å². The summed E-state index contributed by atoms with van der Waals surface area (Å²) in [5.41, 5.74) is 6.55. The Hall–Kier alpha value is -3.28. The maximum Gasteiger partial charge on any atom is 0.315 e. The summed E-state index contributed by atoms with van der Waals surface area (Å²) < 4.78 is 5.31. The summed E-state index contributed by atoms with van der Waals surface area (Å²) in [6.07, 6.45) is 7.33. The van der Waals surface area contributed by atoms with Gasteiger partial charge in [-0.2, -0.15) is 0 Å². The zero-order valence-corrected chi connectivity index (χ0v) is 27.0. The van der Waals surface area contributed by atoms with Crippen LogP contribution in [0.1, 0.15) is 97.5 Å². The topological polar surface area (TPSA) is 49.9 Å². The van der Waals surface area contributed by atoms with Crippen molar-refractivity contribution in [2.45, 2.75) is 90.8 Å². The van der Waals surface area contributed by atoms with Gasteiger partial charge in [0.05, 0.1) is 12.0 Å². The minimum absolute atomic E-state index is 0.177. The summed E-state index contributed by atoms with van der Waals surface area (Å²) in [5, 5.41) is 0. The Balaban J connectivity index is 1.07. The molecule has 44 heavy (non-hydrogen) atoms. The third-order valence-electron chi connectivity index (χ3n) is 9.66. The predicted molar refractivity (Wildman–Crippen MR) is 178 cm³/mol. The number of likely N-dealkylation sites (tertiary alicyclic amines) is 1. The molecule has 3 aromatic carbocycles. The van der Waals surface area contributed by atoms with Crippen LogP contribution < -0.4 is 0 Å². The molecular formula is C39H50N2O3. The fourth-order valence-electron chi connectivity index (χ4n) is 6.85. The van der Waals surface area contributed by atoms with E-state index in [1.807, 2.05) is 26.8 Å². The highest BCUT2D eigenvalue weighted by atomic mass is 16.5. The number of hydrogen-bond acceptors (Lipinski definition) is 5. The standard InChI is InChI=1S/C39H50N2O3/c1-4-44-38(43)39(2,3)36-16-8-14-32(25-36)28-40-23-20-30(21-24-40)13-9-17-37(42)34-19-18-33-15-10-22-41(29-35(33)26-34)27-31-11-6-5-7-12-31/h5-8,11-12,14,16,18-19,25-26,30H,4,9-10,13,15,17,20-24,27-29H2,1-3H3. The van der Waals surface area contributed by atoms with Gasteiger partial charge in [-0.3, -0.25) is 19.4 Å². The van der Waals surface area contributed by atoms with E-state index in [9.17, 15) is 9.59 Å². The Morgan fingerprint density at radius 1 is 0.841 bits per heavy atom. The van der Waals surface area contributed by atoms with Gasteiger partial charge in [0.15, 0.2) is 5.78 Å². The fourth-order valence-corrected chi connectivity index (χ4v) is 6.85. The van der Waals surface area contributed by atoms with Crippen LogP contribution in [-0.4, -0.2) is 47.8 Å². The van der Waals surface area contributed by atoms with E-state index in [1.165, 1.54) is 35.1 Å². The third-order valence-corrected chi connectivity index (χ3v) is 9.66. The lowest BCUT2D eigenvalue weighted by Crippen LogP contribution is -2.34. The van der Waals surface area contributed by atoms with Crippen LogP contribution in [0.3, 0.4) is 0 Å². The number of benzene rings is 3. The molecule has 0 aromatic heterocycles. The normalized spacial score (nSPS) is 16.7. The van der Waals surface area contributed by atoms with E-state index < -0.39 is 5.41 Å². The first-order chi connectivity index (χ1) is 21.3. The number of hydrogen-bond donors (Lipinski definition) is 0. The number of fused-ring (bicyclic) bond motifs is 1. The Labute approximate surface area is 264 Å². The molecule has 234 valence electrons. The number of rotatable bonds is 12. The summed E-state index contributed by atoms with van der Waals surface area (Å²) >= 11 is 0. The van der Waals surface area contributed by atoms with Gasteiger partial charge in [-0.25, -0.2) is 0 Å². The van der Waals surface area contributed by atoms with Gasteiger partial charge in [0.2, 0.25) is 0 Å². The monoisotopic (exact) mass is 594 g/mol.